The first-order valence-corrected chi connectivity index (χ1v) is 8.28. The van der Waals surface area contributed by atoms with Crippen LogP contribution in [0.5, 0.6) is 5.75 Å². The van der Waals surface area contributed by atoms with E-state index in [9.17, 15) is 4.79 Å². The Balaban J connectivity index is 2.17. The number of carbonyl (C=O) groups is 1. The average molecular weight is 329 g/mol. The molecule has 0 aliphatic rings. The van der Waals surface area contributed by atoms with Gasteiger partial charge in [-0.3, -0.25) is 4.79 Å². The normalized spacial score (nSPS) is 11.6. The molecule has 130 valence electrons. The number of hydrogen-bond donors (Lipinski definition) is 1. The Bertz CT molecular complexity index is 712. The molecule has 0 radical (unpaired) electrons. The third-order valence-electron chi connectivity index (χ3n) is 3.39. The van der Waals surface area contributed by atoms with Crippen LogP contribution in [0, 0.1) is 12.8 Å². The largest absolute Gasteiger partial charge is 0.493 e. The van der Waals surface area contributed by atoms with Crippen LogP contribution in [0.15, 0.2) is 30.3 Å². The number of anilines is 1. The van der Waals surface area contributed by atoms with Crippen LogP contribution in [0.1, 0.15) is 50.7 Å². The summed E-state index contributed by atoms with van der Waals surface area (Å²) >= 11 is 0. The van der Waals surface area contributed by atoms with Gasteiger partial charge in [0.15, 0.2) is 0 Å². The maximum atomic E-state index is 12.6. The highest BCUT2D eigenvalue weighted by molar-refractivity contribution is 6.04. The first kappa shape index (κ1) is 18.0. The molecule has 0 atom stereocenters. The van der Waals surface area contributed by atoms with E-state index in [1.165, 1.54) is 0 Å². The summed E-state index contributed by atoms with van der Waals surface area (Å²) in [7, 11) is 0. The molecule has 5 nitrogen and oxygen atoms in total. The minimum atomic E-state index is -0.209. The Kier molecular flexibility index (Phi) is 5.32. The van der Waals surface area contributed by atoms with Crippen LogP contribution in [0.2, 0.25) is 0 Å². The quantitative estimate of drug-likeness (QED) is 0.893. The highest BCUT2D eigenvalue weighted by atomic mass is 16.5. The van der Waals surface area contributed by atoms with E-state index in [0.717, 1.165) is 5.69 Å². The lowest BCUT2D eigenvalue weighted by Crippen LogP contribution is -2.26. The van der Waals surface area contributed by atoms with Gasteiger partial charge in [-0.05, 0) is 51.8 Å². The number of aromatic nitrogens is 2. The molecule has 0 saturated carbocycles. The van der Waals surface area contributed by atoms with Gasteiger partial charge in [0.25, 0.3) is 5.91 Å². The van der Waals surface area contributed by atoms with Crippen LogP contribution in [0.3, 0.4) is 0 Å². The van der Waals surface area contributed by atoms with E-state index in [0.29, 0.717) is 29.7 Å². The van der Waals surface area contributed by atoms with E-state index in [1.54, 1.807) is 12.1 Å². The first-order chi connectivity index (χ1) is 11.2. The minimum Gasteiger partial charge on any atom is -0.493 e. The topological polar surface area (TPSA) is 56.1 Å². The molecule has 1 N–H and O–H groups in total. The molecule has 0 unspecified atom stereocenters. The average Bonchev–Trinajstić information content (AvgIpc) is 2.86. The molecule has 24 heavy (non-hydrogen) atoms. The number of benzene rings is 1. The maximum Gasteiger partial charge on any atom is 0.256 e. The number of rotatable bonds is 5. The predicted molar refractivity (Wildman–Crippen MR) is 96.7 cm³/mol. The molecule has 0 bridgehead atoms. The molecule has 0 fully saturated rings. The molecule has 1 amide bonds. The van der Waals surface area contributed by atoms with Crippen LogP contribution in [-0.4, -0.2) is 22.3 Å². The number of ether oxygens (including phenoxy) is 1. The molecule has 0 spiro atoms. The van der Waals surface area contributed by atoms with Gasteiger partial charge >= 0.3 is 0 Å². The van der Waals surface area contributed by atoms with Gasteiger partial charge in [0.2, 0.25) is 0 Å². The summed E-state index contributed by atoms with van der Waals surface area (Å²) in [5, 5.41) is 7.42. The van der Waals surface area contributed by atoms with Crippen molar-refractivity contribution in [2.24, 2.45) is 5.92 Å². The molecule has 1 aromatic heterocycles. The first-order valence-electron chi connectivity index (χ1n) is 8.28. The summed E-state index contributed by atoms with van der Waals surface area (Å²) in [5.41, 5.74) is 1.23. The van der Waals surface area contributed by atoms with Gasteiger partial charge in [-0.2, -0.15) is 5.10 Å². The van der Waals surface area contributed by atoms with Crippen molar-refractivity contribution in [2.45, 2.75) is 47.1 Å². The lowest BCUT2D eigenvalue weighted by molar-refractivity contribution is 0.102. The van der Waals surface area contributed by atoms with Crippen LogP contribution in [0.25, 0.3) is 0 Å². The Labute approximate surface area is 144 Å². The lowest BCUT2D eigenvalue weighted by Gasteiger charge is -2.22. The van der Waals surface area contributed by atoms with Crippen molar-refractivity contribution in [2.75, 3.05) is 11.9 Å². The van der Waals surface area contributed by atoms with Crippen molar-refractivity contribution in [1.82, 2.24) is 9.78 Å². The molecule has 0 aliphatic heterocycles. The smallest absolute Gasteiger partial charge is 0.256 e. The molecule has 1 aromatic carbocycles. The summed E-state index contributed by atoms with van der Waals surface area (Å²) in [5.74, 6) is 1.66. The maximum absolute atomic E-state index is 12.6. The lowest BCUT2D eigenvalue weighted by atomic mass is 10.1. The van der Waals surface area contributed by atoms with Crippen LogP contribution in [0.4, 0.5) is 5.82 Å². The highest BCUT2D eigenvalue weighted by Gasteiger charge is 2.20. The fraction of sp³-hybridized carbons (Fsp3) is 0.474. The third kappa shape index (κ3) is 4.60. The number of carbonyl (C=O) groups excluding carboxylic acids is 1. The Hall–Kier alpha value is -2.30. The molecule has 1 heterocycles. The van der Waals surface area contributed by atoms with Gasteiger partial charge in [0, 0.05) is 11.6 Å². The second-order valence-corrected chi connectivity index (χ2v) is 7.44. The molecular formula is C19H27N3O2. The van der Waals surface area contributed by atoms with Gasteiger partial charge in [-0.1, -0.05) is 19.9 Å². The summed E-state index contributed by atoms with van der Waals surface area (Å²) in [6.45, 7) is 12.9. The number of amides is 1. The minimum absolute atomic E-state index is 0.171. The van der Waals surface area contributed by atoms with Crippen LogP contribution < -0.4 is 10.1 Å². The second kappa shape index (κ2) is 7.07. The van der Waals surface area contributed by atoms with Crippen molar-refractivity contribution in [3.63, 3.8) is 0 Å². The molecular weight excluding hydrogens is 302 g/mol. The van der Waals surface area contributed by atoms with Crippen molar-refractivity contribution < 1.29 is 9.53 Å². The standard InChI is InChI=1S/C19H27N3O2/c1-13(2)12-24-16-9-7-8-15(11-16)18(23)20-17-10-14(3)21-22(17)19(4,5)6/h7-11,13H,12H2,1-6H3,(H,20,23). The zero-order valence-corrected chi connectivity index (χ0v) is 15.4. The summed E-state index contributed by atoms with van der Waals surface area (Å²) < 4.78 is 7.53. The highest BCUT2D eigenvalue weighted by Crippen LogP contribution is 2.22. The van der Waals surface area contributed by atoms with Crippen LogP contribution in [-0.2, 0) is 5.54 Å². The number of aryl methyl sites for hydroxylation is 1. The van der Waals surface area contributed by atoms with Gasteiger partial charge in [0.05, 0.1) is 17.8 Å². The van der Waals surface area contributed by atoms with Gasteiger partial charge in [-0.25, -0.2) is 4.68 Å². The summed E-state index contributed by atoms with van der Waals surface area (Å²) in [4.78, 5) is 12.6. The van der Waals surface area contributed by atoms with E-state index in [-0.39, 0.29) is 11.4 Å². The summed E-state index contributed by atoms with van der Waals surface area (Å²) in [6.07, 6.45) is 0. The number of nitrogens with one attached hydrogen (secondary N) is 1. The second-order valence-electron chi connectivity index (χ2n) is 7.44. The monoisotopic (exact) mass is 329 g/mol. The fourth-order valence-electron chi connectivity index (χ4n) is 2.28. The van der Waals surface area contributed by atoms with E-state index >= 15 is 0 Å². The van der Waals surface area contributed by atoms with Gasteiger partial charge in [0.1, 0.15) is 11.6 Å². The van der Waals surface area contributed by atoms with Gasteiger partial charge < -0.3 is 10.1 Å². The molecule has 0 saturated heterocycles. The van der Waals surface area contributed by atoms with E-state index < -0.39 is 0 Å². The Morgan fingerprint density at radius 3 is 2.62 bits per heavy atom. The molecule has 2 aromatic rings. The zero-order valence-electron chi connectivity index (χ0n) is 15.4. The van der Waals surface area contributed by atoms with Crippen molar-refractivity contribution in [3.8, 4) is 5.75 Å². The number of hydrogen-bond acceptors (Lipinski definition) is 3. The Morgan fingerprint density at radius 1 is 1.29 bits per heavy atom. The number of nitrogens with zero attached hydrogens (tertiary/aromatic N) is 2. The van der Waals surface area contributed by atoms with E-state index in [2.05, 4.69) is 45.0 Å². The molecule has 2 rings (SSSR count). The fourth-order valence-corrected chi connectivity index (χ4v) is 2.28. The molecule has 0 aliphatic carbocycles. The van der Waals surface area contributed by atoms with E-state index in [1.807, 2.05) is 29.8 Å². The van der Waals surface area contributed by atoms with Crippen molar-refractivity contribution in [1.29, 1.82) is 0 Å². The molecule has 5 heteroatoms. The van der Waals surface area contributed by atoms with Crippen molar-refractivity contribution in [3.05, 3.63) is 41.6 Å². The zero-order chi connectivity index (χ0) is 17.9. The van der Waals surface area contributed by atoms with E-state index in [4.69, 9.17) is 4.74 Å². The third-order valence-corrected chi connectivity index (χ3v) is 3.39. The van der Waals surface area contributed by atoms with Crippen LogP contribution >= 0.6 is 0 Å². The Morgan fingerprint density at radius 2 is 2.00 bits per heavy atom. The van der Waals surface area contributed by atoms with Crippen molar-refractivity contribution >= 4 is 11.7 Å². The van der Waals surface area contributed by atoms with Gasteiger partial charge in [-0.15, -0.1) is 0 Å². The summed E-state index contributed by atoms with van der Waals surface area (Å²) in [6, 6.07) is 9.12. The predicted octanol–water partition coefficient (Wildman–Crippen LogP) is 4.23. The SMILES string of the molecule is Cc1cc(NC(=O)c2cccc(OCC(C)C)c2)n(C(C)(C)C)n1.